The van der Waals surface area contributed by atoms with Gasteiger partial charge in [0.2, 0.25) is 0 Å². The fraction of sp³-hybridized carbons (Fsp3) is 0.500. The maximum absolute atomic E-state index is 9.61. The topological polar surface area (TPSA) is 72.0 Å². The van der Waals surface area contributed by atoms with Crippen LogP contribution in [0.1, 0.15) is 24.6 Å². The van der Waals surface area contributed by atoms with Gasteiger partial charge in [-0.3, -0.25) is 4.98 Å². The molecule has 0 radical (unpaired) electrons. The van der Waals surface area contributed by atoms with Gasteiger partial charge in [-0.05, 0) is 18.8 Å². The van der Waals surface area contributed by atoms with Crippen molar-refractivity contribution in [3.8, 4) is 0 Å². The molecule has 1 aromatic heterocycles. The molecule has 1 heterocycles. The first kappa shape index (κ1) is 7.49. The van der Waals surface area contributed by atoms with Gasteiger partial charge in [0.1, 0.15) is 11.9 Å². The molecule has 1 aromatic rings. The van der Waals surface area contributed by atoms with E-state index in [1.807, 2.05) is 0 Å². The van der Waals surface area contributed by atoms with Gasteiger partial charge in [0.25, 0.3) is 0 Å². The van der Waals surface area contributed by atoms with Gasteiger partial charge in [-0.15, -0.1) is 0 Å². The van der Waals surface area contributed by atoms with Crippen molar-refractivity contribution >= 4 is 5.82 Å². The number of hydrogen-bond acceptors (Lipinski definition) is 4. The molecule has 1 atom stereocenters. The Labute approximate surface area is 70.5 Å². The molecule has 0 aromatic carbocycles. The lowest BCUT2D eigenvalue weighted by molar-refractivity contribution is 0.148. The van der Waals surface area contributed by atoms with E-state index in [-0.39, 0.29) is 0 Å². The normalized spacial score (nSPS) is 19.1. The van der Waals surface area contributed by atoms with Gasteiger partial charge >= 0.3 is 0 Å². The second-order valence-corrected chi connectivity index (χ2v) is 3.15. The van der Waals surface area contributed by atoms with Crippen LogP contribution in [-0.4, -0.2) is 15.1 Å². The summed E-state index contributed by atoms with van der Waals surface area (Å²) in [6.07, 6.45) is 4.75. The summed E-state index contributed by atoms with van der Waals surface area (Å²) in [7, 11) is 0. The predicted octanol–water partition coefficient (Wildman–Crippen LogP) is 0.502. The van der Waals surface area contributed by atoms with Crippen molar-refractivity contribution in [2.45, 2.75) is 18.9 Å². The number of hydrogen-bond donors (Lipinski definition) is 2. The number of nitrogen functional groups attached to an aromatic ring is 1. The molecule has 1 aliphatic rings. The van der Waals surface area contributed by atoms with Crippen LogP contribution in [-0.2, 0) is 0 Å². The molecule has 2 rings (SSSR count). The molecule has 64 valence electrons. The lowest BCUT2D eigenvalue weighted by Crippen LogP contribution is -2.04. The van der Waals surface area contributed by atoms with Crippen molar-refractivity contribution in [2.24, 2.45) is 5.92 Å². The molecule has 4 heteroatoms. The third-order valence-electron chi connectivity index (χ3n) is 2.06. The monoisotopic (exact) mass is 165 g/mol. The quantitative estimate of drug-likeness (QED) is 0.669. The fourth-order valence-electron chi connectivity index (χ4n) is 1.15. The summed E-state index contributed by atoms with van der Waals surface area (Å²) in [5.41, 5.74) is 5.99. The van der Waals surface area contributed by atoms with Crippen molar-refractivity contribution in [3.63, 3.8) is 0 Å². The van der Waals surface area contributed by atoms with Crippen LogP contribution in [0.4, 0.5) is 5.82 Å². The van der Waals surface area contributed by atoms with Crippen LogP contribution in [0.15, 0.2) is 12.4 Å². The molecule has 0 saturated heterocycles. The second kappa shape index (κ2) is 2.71. The van der Waals surface area contributed by atoms with E-state index >= 15 is 0 Å². The Bertz CT molecular complexity index is 268. The highest BCUT2D eigenvalue weighted by Crippen LogP contribution is 2.39. The van der Waals surface area contributed by atoms with Gasteiger partial charge in [0.15, 0.2) is 0 Å². The van der Waals surface area contributed by atoms with Crippen LogP contribution in [0.25, 0.3) is 0 Å². The standard InChI is InChI=1S/C8H11N3O/c9-7-4-10-6(3-11-7)8(12)5-1-2-5/h3-5,8,12H,1-2H2,(H2,9,11). The zero-order valence-electron chi connectivity index (χ0n) is 6.64. The zero-order valence-corrected chi connectivity index (χ0v) is 6.64. The van der Waals surface area contributed by atoms with E-state index in [0.29, 0.717) is 17.4 Å². The molecule has 12 heavy (non-hydrogen) atoms. The van der Waals surface area contributed by atoms with Crippen LogP contribution >= 0.6 is 0 Å². The molecular formula is C8H11N3O. The largest absolute Gasteiger partial charge is 0.386 e. The Kier molecular flexibility index (Phi) is 1.69. The lowest BCUT2D eigenvalue weighted by Gasteiger charge is -2.06. The van der Waals surface area contributed by atoms with Gasteiger partial charge in [0.05, 0.1) is 18.1 Å². The van der Waals surface area contributed by atoms with Crippen molar-refractivity contribution in [3.05, 3.63) is 18.1 Å². The Morgan fingerprint density at radius 3 is 2.67 bits per heavy atom. The minimum atomic E-state index is -0.446. The molecule has 4 nitrogen and oxygen atoms in total. The van der Waals surface area contributed by atoms with Crippen LogP contribution in [0, 0.1) is 5.92 Å². The maximum Gasteiger partial charge on any atom is 0.141 e. The summed E-state index contributed by atoms with van der Waals surface area (Å²) in [6, 6.07) is 0. The molecule has 0 amide bonds. The first-order valence-electron chi connectivity index (χ1n) is 4.03. The first-order valence-corrected chi connectivity index (χ1v) is 4.03. The Morgan fingerprint density at radius 2 is 2.17 bits per heavy atom. The first-order chi connectivity index (χ1) is 5.77. The van der Waals surface area contributed by atoms with E-state index in [4.69, 9.17) is 5.73 Å². The Hall–Kier alpha value is -1.16. The van der Waals surface area contributed by atoms with Crippen molar-refractivity contribution in [1.29, 1.82) is 0 Å². The zero-order chi connectivity index (χ0) is 8.55. The molecule has 0 spiro atoms. The Morgan fingerprint density at radius 1 is 1.42 bits per heavy atom. The average Bonchev–Trinajstić information content (AvgIpc) is 2.87. The van der Waals surface area contributed by atoms with Gasteiger partial charge in [-0.1, -0.05) is 0 Å². The maximum atomic E-state index is 9.61. The van der Waals surface area contributed by atoms with E-state index in [9.17, 15) is 5.11 Å². The summed E-state index contributed by atoms with van der Waals surface area (Å²) in [4.78, 5) is 7.87. The third kappa shape index (κ3) is 1.38. The van der Waals surface area contributed by atoms with Gasteiger partial charge in [0, 0.05) is 0 Å². The van der Waals surface area contributed by atoms with Gasteiger partial charge in [-0.25, -0.2) is 4.98 Å². The number of rotatable bonds is 2. The highest BCUT2D eigenvalue weighted by Gasteiger charge is 2.31. The van der Waals surface area contributed by atoms with E-state index in [2.05, 4.69) is 9.97 Å². The highest BCUT2D eigenvalue weighted by molar-refractivity contribution is 5.23. The Balaban J connectivity index is 2.16. The van der Waals surface area contributed by atoms with Crippen LogP contribution < -0.4 is 5.73 Å². The van der Waals surface area contributed by atoms with Crippen LogP contribution in [0.3, 0.4) is 0 Å². The molecule has 1 saturated carbocycles. The van der Waals surface area contributed by atoms with E-state index < -0.39 is 6.10 Å². The highest BCUT2D eigenvalue weighted by atomic mass is 16.3. The molecule has 1 unspecified atom stereocenters. The number of aromatic nitrogens is 2. The van der Waals surface area contributed by atoms with Crippen molar-refractivity contribution < 1.29 is 5.11 Å². The second-order valence-electron chi connectivity index (χ2n) is 3.15. The molecule has 0 aliphatic heterocycles. The predicted molar refractivity (Wildman–Crippen MR) is 44.1 cm³/mol. The summed E-state index contributed by atoms with van der Waals surface area (Å²) < 4.78 is 0. The molecule has 3 N–H and O–H groups in total. The minimum absolute atomic E-state index is 0.391. The minimum Gasteiger partial charge on any atom is -0.386 e. The van der Waals surface area contributed by atoms with E-state index in [0.717, 1.165) is 12.8 Å². The van der Waals surface area contributed by atoms with Crippen molar-refractivity contribution in [1.82, 2.24) is 9.97 Å². The fourth-order valence-corrected chi connectivity index (χ4v) is 1.15. The summed E-state index contributed by atoms with van der Waals surface area (Å²) in [5, 5.41) is 9.61. The number of aliphatic hydroxyl groups is 1. The summed E-state index contributed by atoms with van der Waals surface area (Å²) in [5.74, 6) is 0.782. The summed E-state index contributed by atoms with van der Waals surface area (Å²) in [6.45, 7) is 0. The average molecular weight is 165 g/mol. The van der Waals surface area contributed by atoms with E-state index in [1.165, 1.54) is 6.20 Å². The lowest BCUT2D eigenvalue weighted by atomic mass is 10.2. The van der Waals surface area contributed by atoms with Gasteiger partial charge < -0.3 is 10.8 Å². The SMILES string of the molecule is Nc1cnc(C(O)C2CC2)cn1. The van der Waals surface area contributed by atoms with Crippen LogP contribution in [0.5, 0.6) is 0 Å². The molecule has 0 bridgehead atoms. The molecule has 1 fully saturated rings. The number of aliphatic hydroxyl groups excluding tert-OH is 1. The van der Waals surface area contributed by atoms with E-state index in [1.54, 1.807) is 6.20 Å². The molecule has 1 aliphatic carbocycles. The smallest absolute Gasteiger partial charge is 0.141 e. The number of anilines is 1. The molecular weight excluding hydrogens is 154 g/mol. The van der Waals surface area contributed by atoms with Crippen molar-refractivity contribution in [2.75, 3.05) is 5.73 Å². The van der Waals surface area contributed by atoms with Crippen LogP contribution in [0.2, 0.25) is 0 Å². The third-order valence-corrected chi connectivity index (χ3v) is 2.06. The number of nitrogens with zero attached hydrogens (tertiary/aromatic N) is 2. The number of nitrogens with two attached hydrogens (primary N) is 1. The van der Waals surface area contributed by atoms with Gasteiger partial charge in [-0.2, -0.15) is 0 Å². The summed E-state index contributed by atoms with van der Waals surface area (Å²) >= 11 is 0.